The number of aliphatic hydroxyl groups is 1. The van der Waals surface area contributed by atoms with Crippen LogP contribution in [0, 0.1) is 11.2 Å². The van der Waals surface area contributed by atoms with E-state index in [2.05, 4.69) is 5.10 Å². The number of fused-ring (bicyclic) bond motifs is 1. The zero-order chi connectivity index (χ0) is 20.6. The fourth-order valence-corrected chi connectivity index (χ4v) is 3.90. The van der Waals surface area contributed by atoms with Gasteiger partial charge in [0.05, 0.1) is 23.7 Å². The molecule has 1 aliphatic carbocycles. The molecule has 4 rings (SSSR count). The van der Waals surface area contributed by atoms with Crippen molar-refractivity contribution in [3.05, 3.63) is 89.0 Å². The maximum absolute atomic E-state index is 13.2. The quantitative estimate of drug-likeness (QED) is 0.647. The Balaban J connectivity index is 1.60. The van der Waals surface area contributed by atoms with Gasteiger partial charge in [-0.2, -0.15) is 5.10 Å². The number of benzene rings is 2. The molecule has 1 aromatic heterocycles. The average Bonchev–Trinajstić information content (AvgIpc) is 3.11. The van der Waals surface area contributed by atoms with E-state index >= 15 is 0 Å². The lowest BCUT2D eigenvalue weighted by Crippen LogP contribution is -2.38. The first kappa shape index (κ1) is 19.3. The number of aromatic nitrogens is 2. The molecule has 1 heterocycles. The van der Waals surface area contributed by atoms with Gasteiger partial charge in [-0.3, -0.25) is 4.79 Å². The number of aliphatic hydroxyl groups excluding tert-OH is 1. The van der Waals surface area contributed by atoms with E-state index in [-0.39, 0.29) is 18.0 Å². The van der Waals surface area contributed by atoms with Gasteiger partial charge in [-0.15, -0.1) is 0 Å². The number of hydrogen-bond acceptors (Lipinski definition) is 3. The van der Waals surface area contributed by atoms with E-state index in [9.17, 15) is 14.3 Å². The Labute approximate surface area is 169 Å². The van der Waals surface area contributed by atoms with Gasteiger partial charge in [-0.05, 0) is 49.2 Å². The van der Waals surface area contributed by atoms with Crippen molar-refractivity contribution in [3.63, 3.8) is 0 Å². The Bertz CT molecular complexity index is 1070. The highest BCUT2D eigenvalue weighted by Gasteiger charge is 2.40. The van der Waals surface area contributed by atoms with E-state index < -0.39 is 11.5 Å². The molecule has 0 bridgehead atoms. The smallest absolute Gasteiger partial charge is 0.165 e. The highest BCUT2D eigenvalue weighted by Crippen LogP contribution is 2.42. The second-order valence-electron chi connectivity index (χ2n) is 7.87. The highest BCUT2D eigenvalue weighted by atomic mass is 19.1. The molecule has 4 nitrogen and oxygen atoms in total. The summed E-state index contributed by atoms with van der Waals surface area (Å²) < 4.78 is 15.0. The van der Waals surface area contributed by atoms with E-state index in [0.29, 0.717) is 12.0 Å². The molecule has 29 heavy (non-hydrogen) atoms. The summed E-state index contributed by atoms with van der Waals surface area (Å²) in [4.78, 5) is 12.6. The summed E-state index contributed by atoms with van der Waals surface area (Å²) in [5, 5.41) is 15.5. The molecule has 1 N–H and O–H groups in total. The molecule has 148 valence electrons. The molecule has 0 radical (unpaired) electrons. The van der Waals surface area contributed by atoms with Gasteiger partial charge in [0, 0.05) is 17.4 Å². The second-order valence-corrected chi connectivity index (χ2v) is 7.87. The average molecular weight is 390 g/mol. The van der Waals surface area contributed by atoms with Crippen molar-refractivity contribution in [2.24, 2.45) is 5.41 Å². The summed E-state index contributed by atoms with van der Waals surface area (Å²) >= 11 is 0. The molecule has 1 aliphatic rings. The van der Waals surface area contributed by atoms with Crippen LogP contribution in [-0.2, 0) is 6.42 Å². The van der Waals surface area contributed by atoms with Crippen molar-refractivity contribution in [1.29, 1.82) is 0 Å². The van der Waals surface area contributed by atoms with E-state index in [0.717, 1.165) is 22.5 Å². The zero-order valence-corrected chi connectivity index (χ0v) is 16.5. The standard InChI is InChI=1S/C24H23FN2O2/c1-16-12-21-18(15-26-27(21)20-10-8-19(25)9-11-20)14-24(16,2)23(29)13-22(28)17-6-4-3-5-7-17/h3-12,15,23,29H,13-14H2,1-2H3. The molecule has 2 unspecified atom stereocenters. The van der Waals surface area contributed by atoms with Gasteiger partial charge in [0.25, 0.3) is 0 Å². The lowest BCUT2D eigenvalue weighted by atomic mass is 9.69. The van der Waals surface area contributed by atoms with Gasteiger partial charge in [-0.1, -0.05) is 42.8 Å². The van der Waals surface area contributed by atoms with E-state index in [1.165, 1.54) is 12.1 Å². The molecule has 5 heteroatoms. The Morgan fingerprint density at radius 1 is 1.21 bits per heavy atom. The Hall–Kier alpha value is -3.05. The van der Waals surface area contributed by atoms with Crippen LogP contribution < -0.4 is 0 Å². The number of Topliss-reactive ketones (excluding diaryl/α,β-unsaturated/α-hetero) is 1. The minimum Gasteiger partial charge on any atom is -0.392 e. The third-order valence-electron chi connectivity index (χ3n) is 5.98. The van der Waals surface area contributed by atoms with Gasteiger partial charge in [-0.25, -0.2) is 9.07 Å². The van der Waals surface area contributed by atoms with Gasteiger partial charge in [0.15, 0.2) is 5.78 Å². The third-order valence-corrected chi connectivity index (χ3v) is 5.98. The molecule has 0 fully saturated rings. The van der Waals surface area contributed by atoms with Crippen LogP contribution in [0.5, 0.6) is 0 Å². The minimum absolute atomic E-state index is 0.0626. The summed E-state index contributed by atoms with van der Waals surface area (Å²) in [6.07, 6.45) is 3.62. The Kier molecular flexibility index (Phi) is 4.92. The maximum Gasteiger partial charge on any atom is 0.165 e. The summed E-state index contributed by atoms with van der Waals surface area (Å²) in [6.45, 7) is 3.96. The van der Waals surface area contributed by atoms with Crippen molar-refractivity contribution in [2.75, 3.05) is 0 Å². The molecule has 0 aliphatic heterocycles. The van der Waals surface area contributed by atoms with Crippen LogP contribution in [0.1, 0.15) is 41.9 Å². The van der Waals surface area contributed by atoms with Gasteiger partial charge in [0.1, 0.15) is 5.82 Å². The molecule has 0 saturated heterocycles. The van der Waals surface area contributed by atoms with Crippen molar-refractivity contribution in [1.82, 2.24) is 9.78 Å². The van der Waals surface area contributed by atoms with Crippen LogP contribution in [-0.4, -0.2) is 26.8 Å². The monoisotopic (exact) mass is 390 g/mol. The molecule has 0 saturated carbocycles. The van der Waals surface area contributed by atoms with E-state index in [4.69, 9.17) is 0 Å². The first-order valence-corrected chi connectivity index (χ1v) is 9.66. The summed E-state index contributed by atoms with van der Waals surface area (Å²) in [7, 11) is 0. The number of ketones is 1. The molecule has 3 aromatic rings. The topological polar surface area (TPSA) is 55.1 Å². The van der Waals surface area contributed by atoms with Crippen LogP contribution in [0.4, 0.5) is 4.39 Å². The van der Waals surface area contributed by atoms with Gasteiger partial charge >= 0.3 is 0 Å². The number of halogens is 1. The second kappa shape index (κ2) is 7.41. The fraction of sp³-hybridized carbons (Fsp3) is 0.250. The predicted octanol–water partition coefficient (Wildman–Crippen LogP) is 4.61. The van der Waals surface area contributed by atoms with Gasteiger partial charge < -0.3 is 5.11 Å². The van der Waals surface area contributed by atoms with Crippen LogP contribution in [0.2, 0.25) is 0 Å². The molecular weight excluding hydrogens is 367 g/mol. The number of hydrogen-bond donors (Lipinski definition) is 1. The van der Waals surface area contributed by atoms with E-state index in [1.54, 1.807) is 35.1 Å². The molecular formula is C24H23FN2O2. The number of nitrogens with zero attached hydrogens (tertiary/aromatic N) is 2. The molecule has 0 amide bonds. The summed E-state index contributed by atoms with van der Waals surface area (Å²) in [6, 6.07) is 15.2. The van der Waals surface area contributed by atoms with Crippen molar-refractivity contribution in [2.45, 2.75) is 32.8 Å². The lowest BCUT2D eigenvalue weighted by molar-refractivity contribution is 0.0489. The maximum atomic E-state index is 13.2. The van der Waals surface area contributed by atoms with Crippen LogP contribution in [0.3, 0.4) is 0 Å². The predicted molar refractivity (Wildman–Crippen MR) is 110 cm³/mol. The third kappa shape index (κ3) is 3.54. The molecule has 2 atom stereocenters. The van der Waals surface area contributed by atoms with Crippen molar-refractivity contribution < 1.29 is 14.3 Å². The van der Waals surface area contributed by atoms with Crippen LogP contribution >= 0.6 is 0 Å². The number of carbonyl (C=O) groups is 1. The molecule has 2 aromatic carbocycles. The van der Waals surface area contributed by atoms with E-state index in [1.807, 2.05) is 38.1 Å². The Morgan fingerprint density at radius 3 is 2.59 bits per heavy atom. The largest absolute Gasteiger partial charge is 0.392 e. The summed E-state index contributed by atoms with van der Waals surface area (Å²) in [5.41, 5.74) is 3.73. The summed E-state index contributed by atoms with van der Waals surface area (Å²) in [5.74, 6) is -0.361. The highest BCUT2D eigenvalue weighted by molar-refractivity contribution is 5.96. The minimum atomic E-state index is -0.811. The van der Waals surface area contributed by atoms with Crippen molar-refractivity contribution in [3.8, 4) is 5.69 Å². The normalized spacial score (nSPS) is 19.4. The number of carbonyl (C=O) groups excluding carboxylic acids is 1. The van der Waals surface area contributed by atoms with Crippen LogP contribution in [0.15, 0.2) is 66.4 Å². The van der Waals surface area contributed by atoms with Crippen molar-refractivity contribution >= 4 is 11.9 Å². The number of rotatable bonds is 5. The first-order chi connectivity index (χ1) is 13.9. The first-order valence-electron chi connectivity index (χ1n) is 9.66. The van der Waals surface area contributed by atoms with Crippen LogP contribution in [0.25, 0.3) is 11.8 Å². The zero-order valence-electron chi connectivity index (χ0n) is 16.5. The lowest BCUT2D eigenvalue weighted by Gasteiger charge is -2.38. The Morgan fingerprint density at radius 2 is 1.90 bits per heavy atom. The van der Waals surface area contributed by atoms with Gasteiger partial charge in [0.2, 0.25) is 0 Å². The fourth-order valence-electron chi connectivity index (χ4n) is 3.90. The molecule has 0 spiro atoms. The SMILES string of the molecule is CC1=Cc2c(cnn2-c2ccc(F)cc2)CC1(C)C(O)CC(=O)c1ccccc1.